The lowest BCUT2D eigenvalue weighted by atomic mass is 10.0. The van der Waals surface area contributed by atoms with Gasteiger partial charge in [0.2, 0.25) is 0 Å². The van der Waals surface area contributed by atoms with Gasteiger partial charge in [0, 0.05) is 12.8 Å². The molecule has 1 atom stereocenters. The molecule has 0 fully saturated rings. The van der Waals surface area contributed by atoms with E-state index >= 15 is 0 Å². The van der Waals surface area contributed by atoms with Gasteiger partial charge in [-0.05, 0) is 89.9 Å². The molecule has 1 N–H and O–H groups in total. The van der Waals surface area contributed by atoms with Crippen LogP contribution >= 0.6 is 0 Å². The molecule has 0 rings (SSSR count). The zero-order chi connectivity index (χ0) is 57.6. The van der Waals surface area contributed by atoms with Gasteiger partial charge in [-0.1, -0.05) is 343 Å². The van der Waals surface area contributed by atoms with Crippen LogP contribution in [-0.2, 0) is 19.1 Å². The molecule has 5 nitrogen and oxygen atoms in total. The summed E-state index contributed by atoms with van der Waals surface area (Å²) in [6.07, 6.45) is 99.1. The number of ether oxygens (including phenoxy) is 2. The molecule has 0 aliphatic carbocycles. The summed E-state index contributed by atoms with van der Waals surface area (Å²) >= 11 is 0. The van der Waals surface area contributed by atoms with Crippen LogP contribution in [0.4, 0.5) is 0 Å². The third-order valence-electron chi connectivity index (χ3n) is 15.7. The second-order valence-corrected chi connectivity index (χ2v) is 23.6. The lowest BCUT2D eigenvalue weighted by molar-refractivity contribution is -0.161. The Bertz CT molecular complexity index is 1450. The number of allylic oxidation sites excluding steroid dienone is 14. The van der Waals surface area contributed by atoms with Crippen LogP contribution in [0.15, 0.2) is 85.1 Å². The van der Waals surface area contributed by atoms with Gasteiger partial charge in [-0.25, -0.2) is 0 Å². The first kappa shape index (κ1) is 77.1. The van der Waals surface area contributed by atoms with Crippen molar-refractivity contribution in [3.63, 3.8) is 0 Å². The van der Waals surface area contributed by atoms with E-state index in [4.69, 9.17) is 9.47 Å². The molecule has 0 radical (unpaired) electrons. The number of unbranched alkanes of at least 4 members (excludes halogenated alkanes) is 43. The molecule has 0 aliphatic heterocycles. The van der Waals surface area contributed by atoms with E-state index < -0.39 is 6.10 Å². The minimum atomic E-state index is -0.773. The molecule has 0 bridgehead atoms. The van der Waals surface area contributed by atoms with Crippen LogP contribution in [0, 0.1) is 0 Å². The van der Waals surface area contributed by atoms with Gasteiger partial charge in [0.25, 0.3) is 0 Å². The van der Waals surface area contributed by atoms with Crippen LogP contribution in [0.2, 0.25) is 0 Å². The number of carbonyl (C=O) groups excluding carboxylic acids is 2. The molecule has 0 saturated heterocycles. The van der Waals surface area contributed by atoms with Crippen molar-refractivity contribution in [2.75, 3.05) is 13.2 Å². The number of aliphatic hydroxyl groups excluding tert-OH is 1. The number of aliphatic hydroxyl groups is 1. The lowest BCUT2D eigenvalue weighted by Gasteiger charge is -2.15. The molecule has 0 saturated carbocycles. The van der Waals surface area contributed by atoms with Gasteiger partial charge >= 0.3 is 11.9 Å². The monoisotopic (exact) mass is 1120 g/mol. The average molecular weight is 1120 g/mol. The maximum absolute atomic E-state index is 12.4. The number of carbonyl (C=O) groups is 2. The molecule has 1 unspecified atom stereocenters. The largest absolute Gasteiger partial charge is 0.462 e. The molecular weight excluding hydrogens is 981 g/mol. The highest BCUT2D eigenvalue weighted by Crippen LogP contribution is 2.18. The summed E-state index contributed by atoms with van der Waals surface area (Å²) in [6.45, 7) is 4.07. The summed E-state index contributed by atoms with van der Waals surface area (Å²) in [5, 5.41) is 9.70. The normalized spacial score (nSPS) is 12.7. The minimum absolute atomic E-state index is 0.0626. The van der Waals surface area contributed by atoms with E-state index in [1.807, 2.05) is 0 Å². The molecule has 0 heterocycles. The molecule has 80 heavy (non-hydrogen) atoms. The molecule has 0 amide bonds. The fourth-order valence-electron chi connectivity index (χ4n) is 10.4. The Morgan fingerprint density at radius 1 is 0.300 bits per heavy atom. The SMILES string of the molecule is CC/C=C\C/C=C\C/C=C\C/C=C\C/C=C\C/C=C\CCCCCCCCCCCCCCCCCCCCCCCCC(=O)OC(CO)COC(=O)CCCCCCCCCCCCCCC/C=C\CCCCCCCCCC. The third kappa shape index (κ3) is 67.6. The Morgan fingerprint density at radius 3 is 0.825 bits per heavy atom. The first-order valence-electron chi connectivity index (χ1n) is 35.1. The average Bonchev–Trinajstić information content (AvgIpc) is 3.46. The summed E-state index contributed by atoms with van der Waals surface area (Å²) in [5.41, 5.74) is 0. The highest BCUT2D eigenvalue weighted by molar-refractivity contribution is 5.70. The van der Waals surface area contributed by atoms with Crippen LogP contribution in [0.1, 0.15) is 361 Å². The van der Waals surface area contributed by atoms with E-state index in [9.17, 15) is 14.7 Å². The summed E-state index contributed by atoms with van der Waals surface area (Å²) in [5.74, 6) is -0.572. The zero-order valence-corrected chi connectivity index (χ0v) is 53.3. The Balaban J connectivity index is 3.42. The Labute approximate surface area is 498 Å². The van der Waals surface area contributed by atoms with E-state index in [0.29, 0.717) is 12.8 Å². The predicted octanol–water partition coefficient (Wildman–Crippen LogP) is 24.4. The Hall–Kier alpha value is -2.92. The molecule has 464 valence electrons. The van der Waals surface area contributed by atoms with E-state index in [1.165, 1.54) is 257 Å². The fraction of sp³-hybridized carbons (Fsp3) is 0.787. The molecule has 0 spiro atoms. The van der Waals surface area contributed by atoms with Crippen molar-refractivity contribution in [1.82, 2.24) is 0 Å². The van der Waals surface area contributed by atoms with Crippen molar-refractivity contribution in [1.29, 1.82) is 0 Å². The second kappa shape index (κ2) is 70.3. The summed E-state index contributed by atoms with van der Waals surface area (Å²) in [7, 11) is 0. The van der Waals surface area contributed by atoms with Crippen LogP contribution in [0.5, 0.6) is 0 Å². The van der Waals surface area contributed by atoms with E-state index in [0.717, 1.165) is 77.0 Å². The van der Waals surface area contributed by atoms with Crippen LogP contribution < -0.4 is 0 Å². The van der Waals surface area contributed by atoms with Crippen molar-refractivity contribution < 1.29 is 24.2 Å². The van der Waals surface area contributed by atoms with Gasteiger partial charge < -0.3 is 14.6 Å². The van der Waals surface area contributed by atoms with Gasteiger partial charge in [-0.2, -0.15) is 0 Å². The number of esters is 2. The second-order valence-electron chi connectivity index (χ2n) is 23.6. The standard InChI is InChI=1S/C75H134O5/c1-3-5-7-9-11-13-15-17-19-21-23-25-27-29-30-31-32-33-34-35-36-37-38-39-40-41-42-43-44-46-48-50-52-54-56-58-60-62-64-66-68-70-75(78)80-73(71-76)72-79-74(77)69-67-65-63-61-59-57-55-53-51-49-47-45-28-26-24-22-20-18-16-14-12-10-8-6-4-2/h5,7,11,13,17,19,22-25,29-30,32-33,73,76H,3-4,6,8-10,12,14-16,18,20-21,26-28,31,34-72H2,1-2H3/b7-5-,13-11-,19-17-,24-22-,25-23-,30-29-,33-32-. The smallest absolute Gasteiger partial charge is 0.306 e. The first-order chi connectivity index (χ1) is 39.6. The van der Waals surface area contributed by atoms with Gasteiger partial charge in [0.05, 0.1) is 6.61 Å². The Kier molecular flexibility index (Phi) is 67.8. The molecule has 0 aromatic rings. The van der Waals surface area contributed by atoms with E-state index in [-0.39, 0.29) is 25.2 Å². The molecule has 5 heteroatoms. The van der Waals surface area contributed by atoms with E-state index in [1.54, 1.807) is 0 Å². The predicted molar refractivity (Wildman–Crippen MR) is 353 cm³/mol. The van der Waals surface area contributed by atoms with Gasteiger partial charge in [-0.15, -0.1) is 0 Å². The molecule has 0 aromatic heterocycles. The van der Waals surface area contributed by atoms with Crippen LogP contribution in [-0.4, -0.2) is 36.4 Å². The molecule has 0 aliphatic rings. The van der Waals surface area contributed by atoms with Crippen molar-refractivity contribution >= 4 is 11.9 Å². The molecule has 0 aromatic carbocycles. The van der Waals surface area contributed by atoms with Gasteiger partial charge in [0.1, 0.15) is 6.61 Å². The van der Waals surface area contributed by atoms with E-state index in [2.05, 4.69) is 98.9 Å². The van der Waals surface area contributed by atoms with Crippen molar-refractivity contribution in [2.45, 2.75) is 367 Å². The highest BCUT2D eigenvalue weighted by Gasteiger charge is 2.16. The number of rotatable bonds is 65. The van der Waals surface area contributed by atoms with Crippen molar-refractivity contribution in [2.24, 2.45) is 0 Å². The quantitative estimate of drug-likeness (QED) is 0.0373. The van der Waals surface area contributed by atoms with Gasteiger partial charge in [0.15, 0.2) is 6.10 Å². The molecular formula is C75H134O5. The maximum atomic E-state index is 12.4. The summed E-state index contributed by atoms with van der Waals surface area (Å²) < 4.78 is 10.8. The topological polar surface area (TPSA) is 72.8 Å². The number of hydrogen-bond acceptors (Lipinski definition) is 5. The van der Waals surface area contributed by atoms with Crippen LogP contribution in [0.3, 0.4) is 0 Å². The minimum Gasteiger partial charge on any atom is -0.462 e. The third-order valence-corrected chi connectivity index (χ3v) is 15.7. The van der Waals surface area contributed by atoms with Crippen molar-refractivity contribution in [3.8, 4) is 0 Å². The first-order valence-corrected chi connectivity index (χ1v) is 35.1. The zero-order valence-electron chi connectivity index (χ0n) is 53.3. The summed E-state index contributed by atoms with van der Waals surface area (Å²) in [4.78, 5) is 24.6. The lowest BCUT2D eigenvalue weighted by Crippen LogP contribution is -2.28. The van der Waals surface area contributed by atoms with Crippen molar-refractivity contribution in [3.05, 3.63) is 85.1 Å². The van der Waals surface area contributed by atoms with Gasteiger partial charge in [-0.3, -0.25) is 9.59 Å². The fourth-order valence-corrected chi connectivity index (χ4v) is 10.4. The van der Waals surface area contributed by atoms with Crippen LogP contribution in [0.25, 0.3) is 0 Å². The number of hydrogen-bond donors (Lipinski definition) is 1. The maximum Gasteiger partial charge on any atom is 0.306 e. The summed E-state index contributed by atoms with van der Waals surface area (Å²) in [6, 6.07) is 0. The highest BCUT2D eigenvalue weighted by atomic mass is 16.6. The Morgan fingerprint density at radius 2 is 0.537 bits per heavy atom.